The topological polar surface area (TPSA) is 65.0 Å². The largest absolute Gasteiger partial charge is 0.456 e. The van der Waals surface area contributed by atoms with Gasteiger partial charge >= 0.3 is 0 Å². The van der Waals surface area contributed by atoms with Gasteiger partial charge in [0, 0.05) is 38.2 Å². The zero-order valence-corrected chi connectivity index (χ0v) is 26.7. The fraction of sp³-hybridized carbons (Fsp3) is 0. The molecular weight excluding hydrogens is 615 g/mol. The van der Waals surface area contributed by atoms with Crippen molar-refractivity contribution in [3.63, 3.8) is 0 Å². The van der Waals surface area contributed by atoms with Crippen LogP contribution in [0.15, 0.2) is 173 Å². The second-order valence-corrected chi connectivity index (χ2v) is 12.4. The second kappa shape index (κ2) is 11.4. The summed E-state index contributed by atoms with van der Waals surface area (Å²) < 4.78 is 12.6. The number of benzene rings is 7. The van der Waals surface area contributed by atoms with Crippen LogP contribution >= 0.6 is 0 Å². The first-order valence-corrected chi connectivity index (χ1v) is 16.6. The molecule has 0 amide bonds. The van der Waals surface area contributed by atoms with E-state index in [-0.39, 0.29) is 0 Å². The molecule has 3 heterocycles. The Hall–Kier alpha value is -6.85. The second-order valence-electron chi connectivity index (χ2n) is 12.4. The van der Waals surface area contributed by atoms with E-state index < -0.39 is 0 Å². The molecule has 0 aliphatic carbocycles. The van der Waals surface area contributed by atoms with Crippen LogP contribution in [0, 0.1) is 0 Å². The van der Waals surface area contributed by atoms with Gasteiger partial charge in [0.1, 0.15) is 22.3 Å². The minimum Gasteiger partial charge on any atom is -0.456 e. The molecule has 5 nitrogen and oxygen atoms in total. The van der Waals surface area contributed by atoms with E-state index in [0.717, 1.165) is 71.7 Å². The molecule has 0 radical (unpaired) electrons. The molecule has 0 spiro atoms. The highest BCUT2D eigenvalue weighted by molar-refractivity contribution is 6.12. The Morgan fingerprint density at radius 1 is 0.300 bits per heavy atom. The van der Waals surface area contributed by atoms with Crippen LogP contribution in [0.5, 0.6) is 0 Å². The lowest BCUT2D eigenvalue weighted by atomic mass is 9.99. The first kappa shape index (κ1) is 28.2. The Kier molecular flexibility index (Phi) is 6.42. The van der Waals surface area contributed by atoms with Gasteiger partial charge in [-0.25, -0.2) is 15.0 Å². The number of nitrogens with zero attached hydrogens (tertiary/aromatic N) is 3. The summed E-state index contributed by atoms with van der Waals surface area (Å²) in [7, 11) is 0. The molecule has 10 rings (SSSR count). The van der Waals surface area contributed by atoms with E-state index in [1.807, 2.05) is 78.9 Å². The van der Waals surface area contributed by atoms with Crippen molar-refractivity contribution in [2.24, 2.45) is 0 Å². The highest BCUT2D eigenvalue weighted by Gasteiger charge is 2.18. The predicted octanol–water partition coefficient (Wildman–Crippen LogP) is 12.0. The molecule has 0 unspecified atom stereocenters. The Morgan fingerprint density at radius 2 is 0.860 bits per heavy atom. The van der Waals surface area contributed by atoms with Crippen molar-refractivity contribution in [2.75, 3.05) is 0 Å². The Morgan fingerprint density at radius 3 is 1.66 bits per heavy atom. The minimum absolute atomic E-state index is 0.570. The Labute approximate surface area is 287 Å². The van der Waals surface area contributed by atoms with Crippen molar-refractivity contribution in [2.45, 2.75) is 0 Å². The van der Waals surface area contributed by atoms with Crippen molar-refractivity contribution < 1.29 is 8.83 Å². The summed E-state index contributed by atoms with van der Waals surface area (Å²) in [5.41, 5.74) is 10.6. The summed E-state index contributed by atoms with van der Waals surface area (Å²) in [6.45, 7) is 0. The summed E-state index contributed by atoms with van der Waals surface area (Å²) in [6.07, 6.45) is 0. The molecule has 0 aliphatic rings. The zero-order valence-electron chi connectivity index (χ0n) is 26.7. The van der Waals surface area contributed by atoms with Crippen LogP contribution in [0.1, 0.15) is 0 Å². The molecule has 0 atom stereocenters. The highest BCUT2D eigenvalue weighted by atomic mass is 16.3. The van der Waals surface area contributed by atoms with Gasteiger partial charge in [0.25, 0.3) is 0 Å². The fourth-order valence-electron chi connectivity index (χ4n) is 6.88. The molecule has 0 N–H and O–H groups in total. The SMILES string of the molecule is c1ccc(-c2ccc(-c3ccc4oc5cc(-c6nc(-c7ccccc7)nc(-c7cccc8oc9ccccc9c78)n6)ccc5c4c3)cc2)cc1. The predicted molar refractivity (Wildman–Crippen MR) is 202 cm³/mol. The minimum atomic E-state index is 0.570. The van der Waals surface area contributed by atoms with Crippen molar-refractivity contribution >= 4 is 43.9 Å². The van der Waals surface area contributed by atoms with Crippen LogP contribution in [0.2, 0.25) is 0 Å². The molecule has 234 valence electrons. The Balaban J connectivity index is 1.08. The van der Waals surface area contributed by atoms with E-state index in [0.29, 0.717) is 17.5 Å². The third-order valence-electron chi connectivity index (χ3n) is 9.37. The molecular formula is C45H27N3O2. The van der Waals surface area contributed by atoms with E-state index >= 15 is 0 Å². The van der Waals surface area contributed by atoms with Crippen LogP contribution in [-0.2, 0) is 0 Å². The third kappa shape index (κ3) is 4.75. The lowest BCUT2D eigenvalue weighted by Crippen LogP contribution is -2.00. The number of aromatic nitrogens is 3. The van der Waals surface area contributed by atoms with E-state index in [1.54, 1.807) is 0 Å². The summed E-state index contributed by atoms with van der Waals surface area (Å²) in [5, 5.41) is 4.11. The molecule has 7 aromatic carbocycles. The van der Waals surface area contributed by atoms with Crippen molar-refractivity contribution in [1.29, 1.82) is 0 Å². The normalized spacial score (nSPS) is 11.6. The van der Waals surface area contributed by atoms with Gasteiger partial charge in [-0.15, -0.1) is 0 Å². The van der Waals surface area contributed by atoms with E-state index in [2.05, 4.69) is 84.9 Å². The maximum Gasteiger partial charge on any atom is 0.164 e. The number of fused-ring (bicyclic) bond motifs is 6. The zero-order chi connectivity index (χ0) is 33.0. The van der Waals surface area contributed by atoms with Crippen LogP contribution < -0.4 is 0 Å². The van der Waals surface area contributed by atoms with E-state index in [1.165, 1.54) is 11.1 Å². The molecule has 0 bridgehead atoms. The van der Waals surface area contributed by atoms with Gasteiger partial charge in [-0.05, 0) is 58.7 Å². The summed E-state index contributed by atoms with van der Waals surface area (Å²) >= 11 is 0. The number of hydrogen-bond donors (Lipinski definition) is 0. The molecule has 0 fully saturated rings. The smallest absolute Gasteiger partial charge is 0.164 e. The van der Waals surface area contributed by atoms with Crippen LogP contribution in [0.3, 0.4) is 0 Å². The van der Waals surface area contributed by atoms with Crippen LogP contribution in [0.4, 0.5) is 0 Å². The van der Waals surface area contributed by atoms with E-state index in [9.17, 15) is 0 Å². The molecule has 10 aromatic rings. The lowest BCUT2D eigenvalue weighted by molar-refractivity contribution is 0.668. The van der Waals surface area contributed by atoms with E-state index in [4.69, 9.17) is 23.8 Å². The van der Waals surface area contributed by atoms with Crippen molar-refractivity contribution in [3.8, 4) is 56.4 Å². The maximum absolute atomic E-state index is 6.42. The van der Waals surface area contributed by atoms with Crippen molar-refractivity contribution in [3.05, 3.63) is 164 Å². The first-order chi connectivity index (χ1) is 24.7. The number of rotatable bonds is 5. The summed E-state index contributed by atoms with van der Waals surface area (Å²) in [4.78, 5) is 15.1. The number of hydrogen-bond acceptors (Lipinski definition) is 5. The van der Waals surface area contributed by atoms with Crippen molar-refractivity contribution in [1.82, 2.24) is 15.0 Å². The fourth-order valence-corrected chi connectivity index (χ4v) is 6.88. The van der Waals surface area contributed by atoms with Gasteiger partial charge in [0.2, 0.25) is 0 Å². The molecule has 0 aliphatic heterocycles. The maximum atomic E-state index is 6.42. The number of para-hydroxylation sites is 1. The van der Waals surface area contributed by atoms with Gasteiger partial charge in [-0.3, -0.25) is 0 Å². The highest BCUT2D eigenvalue weighted by Crippen LogP contribution is 2.38. The number of furan rings is 2. The van der Waals surface area contributed by atoms with Gasteiger partial charge in [0.15, 0.2) is 17.5 Å². The lowest BCUT2D eigenvalue weighted by Gasteiger charge is -2.09. The molecule has 3 aromatic heterocycles. The first-order valence-electron chi connectivity index (χ1n) is 16.6. The van der Waals surface area contributed by atoms with Crippen LogP contribution in [0.25, 0.3) is 100 Å². The van der Waals surface area contributed by atoms with Gasteiger partial charge in [-0.1, -0.05) is 127 Å². The average molecular weight is 642 g/mol. The molecule has 50 heavy (non-hydrogen) atoms. The monoisotopic (exact) mass is 641 g/mol. The molecule has 0 saturated carbocycles. The summed E-state index contributed by atoms with van der Waals surface area (Å²) in [6, 6.07) is 55.9. The molecule has 5 heteroatoms. The summed E-state index contributed by atoms with van der Waals surface area (Å²) in [5.74, 6) is 1.75. The van der Waals surface area contributed by atoms with Gasteiger partial charge in [-0.2, -0.15) is 0 Å². The third-order valence-corrected chi connectivity index (χ3v) is 9.37. The van der Waals surface area contributed by atoms with Gasteiger partial charge < -0.3 is 8.83 Å². The quantitative estimate of drug-likeness (QED) is 0.187. The standard InChI is InChI=1S/C45H27N3O2/c1-3-10-28(11-4-1)29-18-20-30(21-19-29)32-23-25-39-37(26-32)34-24-22-33(27-41(34)50-39)44-46-43(31-12-5-2-6-13-31)47-45(48-44)36-15-9-17-40-42(36)35-14-7-8-16-38(35)49-40/h1-27H. The Bertz CT molecular complexity index is 2850. The average Bonchev–Trinajstić information content (AvgIpc) is 3.76. The molecule has 0 saturated heterocycles. The van der Waals surface area contributed by atoms with Gasteiger partial charge in [0.05, 0.1) is 0 Å². The van der Waals surface area contributed by atoms with Crippen LogP contribution in [-0.4, -0.2) is 15.0 Å².